The topological polar surface area (TPSA) is 99.2 Å². The van der Waals surface area contributed by atoms with Crippen molar-refractivity contribution in [2.24, 2.45) is 0 Å². The van der Waals surface area contributed by atoms with Crippen molar-refractivity contribution in [3.8, 4) is 0 Å². The molecule has 16 heavy (non-hydrogen) atoms. The van der Waals surface area contributed by atoms with Gasteiger partial charge in [0.2, 0.25) is 0 Å². The molecule has 0 spiro atoms. The number of benzene rings is 1. The highest BCUT2D eigenvalue weighted by atomic mass is 16.6. The van der Waals surface area contributed by atoms with Gasteiger partial charge in [0.05, 0.1) is 4.92 Å². The van der Waals surface area contributed by atoms with Gasteiger partial charge in [0.15, 0.2) is 5.52 Å². The Morgan fingerprint density at radius 1 is 1.06 bits per heavy atom. The Morgan fingerprint density at radius 3 is 2.38 bits per heavy atom. The van der Waals surface area contributed by atoms with Gasteiger partial charge >= 0.3 is 11.5 Å². The largest absolute Gasteiger partial charge is 0.443 e. The van der Waals surface area contributed by atoms with Gasteiger partial charge in [-0.1, -0.05) is 18.2 Å². The van der Waals surface area contributed by atoms with Crippen LogP contribution in [0, 0.1) is 20.2 Å². The zero-order chi connectivity index (χ0) is 11.7. The summed E-state index contributed by atoms with van der Waals surface area (Å²) in [5.41, 5.74) is -0.233. The van der Waals surface area contributed by atoms with Gasteiger partial charge in [0.25, 0.3) is 0 Å². The molecule has 0 radical (unpaired) electrons. The molecule has 2 aromatic rings. The van der Waals surface area contributed by atoms with Crippen molar-refractivity contribution in [1.29, 1.82) is 0 Å². The van der Waals surface area contributed by atoms with Crippen molar-refractivity contribution in [2.45, 2.75) is 0 Å². The monoisotopic (exact) mass is 219 g/mol. The van der Waals surface area contributed by atoms with E-state index in [2.05, 4.69) is 4.98 Å². The van der Waals surface area contributed by atoms with Gasteiger partial charge in [-0.3, -0.25) is 10.1 Å². The lowest BCUT2D eigenvalue weighted by Gasteiger charge is -1.96. The third-order valence-corrected chi connectivity index (χ3v) is 2.05. The number of hydrogen-bond donors (Lipinski definition) is 0. The van der Waals surface area contributed by atoms with E-state index >= 15 is 0 Å². The van der Waals surface area contributed by atoms with E-state index in [1.165, 1.54) is 0 Å². The van der Waals surface area contributed by atoms with Gasteiger partial charge in [-0.15, -0.1) is 0 Å². The average molecular weight is 219 g/mol. The molecule has 7 heteroatoms. The van der Waals surface area contributed by atoms with Crippen LogP contribution >= 0.6 is 0 Å². The fourth-order valence-electron chi connectivity index (χ4n) is 1.36. The molecule has 1 aromatic carbocycles. The first-order valence-corrected chi connectivity index (χ1v) is 4.28. The molecule has 7 nitrogen and oxygen atoms in total. The number of rotatable bonds is 2. The molecular weight excluding hydrogens is 214 g/mol. The SMILES string of the molecule is O=[N+]([O-])c1cc2ccccc2nc1[N+](=O)[O-]. The number of aromatic nitrogens is 1. The number of para-hydroxylation sites is 1. The smallest absolute Gasteiger partial charge is 0.358 e. The van der Waals surface area contributed by atoms with Crippen molar-refractivity contribution >= 4 is 22.4 Å². The molecule has 0 aliphatic carbocycles. The average Bonchev–Trinajstić information content (AvgIpc) is 2.27. The van der Waals surface area contributed by atoms with Gasteiger partial charge in [-0.05, 0) is 16.0 Å². The van der Waals surface area contributed by atoms with Crippen LogP contribution in [0.1, 0.15) is 0 Å². The van der Waals surface area contributed by atoms with E-state index < -0.39 is 21.4 Å². The summed E-state index contributed by atoms with van der Waals surface area (Å²) in [7, 11) is 0. The van der Waals surface area contributed by atoms with Crippen LogP contribution in [0.15, 0.2) is 30.3 Å². The molecule has 0 bridgehead atoms. The summed E-state index contributed by atoms with van der Waals surface area (Å²) in [5, 5.41) is 21.7. The Kier molecular flexibility index (Phi) is 2.20. The molecule has 0 atom stereocenters. The van der Waals surface area contributed by atoms with Crippen LogP contribution in [0.5, 0.6) is 0 Å². The van der Waals surface area contributed by atoms with E-state index in [1.807, 2.05) is 0 Å². The predicted molar refractivity (Wildman–Crippen MR) is 55.1 cm³/mol. The molecule has 0 saturated heterocycles. The van der Waals surface area contributed by atoms with Crippen molar-refractivity contribution in [3.63, 3.8) is 0 Å². The number of hydrogen-bond acceptors (Lipinski definition) is 5. The molecule has 0 amide bonds. The molecular formula is C9H5N3O4. The van der Waals surface area contributed by atoms with Gasteiger partial charge in [0.1, 0.15) is 0 Å². The van der Waals surface area contributed by atoms with Crippen LogP contribution in [-0.2, 0) is 0 Å². The highest BCUT2D eigenvalue weighted by Crippen LogP contribution is 2.28. The number of pyridine rings is 1. The molecule has 80 valence electrons. The third kappa shape index (κ3) is 1.54. The van der Waals surface area contributed by atoms with Crippen LogP contribution in [0.4, 0.5) is 11.5 Å². The first-order chi connectivity index (χ1) is 7.59. The Morgan fingerprint density at radius 2 is 1.75 bits per heavy atom. The Bertz CT molecular complexity index is 544. The standard InChI is InChI=1S/C9H5N3O4/c13-11(14)8-5-6-3-1-2-4-7(6)10-9(8)12(15)16/h1-5H. The van der Waals surface area contributed by atoms with Crippen molar-refractivity contribution in [1.82, 2.24) is 4.98 Å². The van der Waals surface area contributed by atoms with E-state index in [0.29, 0.717) is 10.9 Å². The minimum absolute atomic E-state index is 0.361. The lowest BCUT2D eigenvalue weighted by molar-refractivity contribution is -0.425. The van der Waals surface area contributed by atoms with Crippen molar-refractivity contribution in [2.75, 3.05) is 0 Å². The Balaban J connectivity index is 2.81. The van der Waals surface area contributed by atoms with Crippen molar-refractivity contribution in [3.05, 3.63) is 50.6 Å². The second-order valence-corrected chi connectivity index (χ2v) is 3.04. The highest BCUT2D eigenvalue weighted by Gasteiger charge is 2.26. The van der Waals surface area contributed by atoms with E-state index in [9.17, 15) is 20.2 Å². The van der Waals surface area contributed by atoms with Crippen LogP contribution in [0.3, 0.4) is 0 Å². The van der Waals surface area contributed by atoms with Crippen LogP contribution in [0.2, 0.25) is 0 Å². The summed E-state index contributed by atoms with van der Waals surface area (Å²) in [6.07, 6.45) is 0. The van der Waals surface area contributed by atoms with E-state index in [4.69, 9.17) is 0 Å². The molecule has 0 aliphatic heterocycles. The second kappa shape index (κ2) is 3.54. The molecule has 2 rings (SSSR count). The van der Waals surface area contributed by atoms with Gasteiger partial charge in [-0.25, -0.2) is 0 Å². The molecule has 1 heterocycles. The lowest BCUT2D eigenvalue weighted by atomic mass is 10.2. The summed E-state index contributed by atoms with van der Waals surface area (Å²) < 4.78 is 0. The van der Waals surface area contributed by atoms with Crippen LogP contribution in [-0.4, -0.2) is 14.8 Å². The molecule has 0 saturated carbocycles. The van der Waals surface area contributed by atoms with E-state index in [-0.39, 0.29) is 0 Å². The van der Waals surface area contributed by atoms with E-state index in [1.54, 1.807) is 24.3 Å². The van der Waals surface area contributed by atoms with E-state index in [0.717, 1.165) is 6.07 Å². The normalized spacial score (nSPS) is 10.2. The summed E-state index contributed by atoms with van der Waals surface area (Å²) in [6, 6.07) is 7.66. The third-order valence-electron chi connectivity index (χ3n) is 2.05. The highest BCUT2D eigenvalue weighted by molar-refractivity contribution is 5.82. The first-order valence-electron chi connectivity index (χ1n) is 4.28. The number of nitro groups is 2. The maximum Gasteiger partial charge on any atom is 0.443 e. The fourth-order valence-corrected chi connectivity index (χ4v) is 1.36. The quantitative estimate of drug-likeness (QED) is 0.568. The Labute approximate surface area is 88.6 Å². The molecule has 0 unspecified atom stereocenters. The summed E-state index contributed by atoms with van der Waals surface area (Å²) in [4.78, 5) is 23.2. The van der Waals surface area contributed by atoms with Crippen LogP contribution in [0.25, 0.3) is 10.9 Å². The fraction of sp³-hybridized carbons (Fsp3) is 0. The number of fused-ring (bicyclic) bond motifs is 1. The maximum absolute atomic E-state index is 10.6. The first kappa shape index (κ1) is 9.97. The van der Waals surface area contributed by atoms with Gasteiger partial charge in [-0.2, -0.15) is 0 Å². The zero-order valence-corrected chi connectivity index (χ0v) is 7.86. The summed E-state index contributed by atoms with van der Waals surface area (Å²) in [5.74, 6) is -0.733. The molecule has 1 aromatic heterocycles. The van der Waals surface area contributed by atoms with Gasteiger partial charge < -0.3 is 10.1 Å². The minimum Gasteiger partial charge on any atom is -0.358 e. The second-order valence-electron chi connectivity index (χ2n) is 3.04. The predicted octanol–water partition coefficient (Wildman–Crippen LogP) is 2.05. The summed E-state index contributed by atoms with van der Waals surface area (Å²) >= 11 is 0. The van der Waals surface area contributed by atoms with Gasteiger partial charge in [0, 0.05) is 11.5 Å². The molecule has 0 fully saturated rings. The lowest BCUT2D eigenvalue weighted by Crippen LogP contribution is -1.99. The summed E-state index contributed by atoms with van der Waals surface area (Å²) in [6.45, 7) is 0. The minimum atomic E-state index is -0.857. The Hall–Kier alpha value is -2.57. The molecule has 0 aliphatic rings. The van der Waals surface area contributed by atoms with Crippen LogP contribution < -0.4 is 0 Å². The number of nitrogens with zero attached hydrogens (tertiary/aromatic N) is 3. The van der Waals surface area contributed by atoms with Crippen molar-refractivity contribution < 1.29 is 9.85 Å². The maximum atomic E-state index is 10.6. The zero-order valence-electron chi connectivity index (χ0n) is 7.86. The molecule has 0 N–H and O–H groups in total.